The molecule has 4 unspecified atom stereocenters. The zero-order valence-electron chi connectivity index (χ0n) is 16.1. The van der Waals surface area contributed by atoms with Gasteiger partial charge in [0.2, 0.25) is 0 Å². The molecule has 11 heteroatoms. The summed E-state index contributed by atoms with van der Waals surface area (Å²) in [6.07, 6.45) is -2.20. The van der Waals surface area contributed by atoms with E-state index in [1.54, 1.807) is 6.07 Å². The monoisotopic (exact) mass is 468 g/mol. The Morgan fingerprint density at radius 2 is 1.90 bits per heavy atom. The number of hydrogen-bond donors (Lipinski definition) is 0. The van der Waals surface area contributed by atoms with E-state index in [0.717, 1.165) is 32.9 Å². The summed E-state index contributed by atoms with van der Waals surface area (Å²) in [5.74, 6) is -1.41. The number of piperidine rings is 1. The van der Waals surface area contributed by atoms with Crippen molar-refractivity contribution in [1.82, 2.24) is 9.34 Å². The molecule has 162 valence electrons. The minimum atomic E-state index is -4.97. The third-order valence-corrected chi connectivity index (χ3v) is 7.91. The molecule has 2 aliphatic heterocycles. The van der Waals surface area contributed by atoms with E-state index in [2.05, 4.69) is 23.0 Å². The Kier molecular flexibility index (Phi) is 7.26. The number of ether oxygens (including phenoxy) is 2. The van der Waals surface area contributed by atoms with Crippen LogP contribution in [0.2, 0.25) is 0 Å². The first kappa shape index (κ1) is 23.3. The maximum Gasteiger partial charge on any atom is 0.432 e. The van der Waals surface area contributed by atoms with Crippen molar-refractivity contribution in [1.29, 1.82) is 0 Å². The number of rotatable bonds is 6. The highest BCUT2D eigenvalue weighted by Gasteiger charge is 2.66. The van der Waals surface area contributed by atoms with Crippen molar-refractivity contribution in [2.24, 2.45) is 0 Å². The molecule has 2 fully saturated rings. The first-order chi connectivity index (χ1) is 13.7. The third kappa shape index (κ3) is 4.22. The molecule has 0 saturated carbocycles. The zero-order chi connectivity index (χ0) is 21.3. The third-order valence-electron chi connectivity index (χ3n) is 5.69. The quantitative estimate of drug-likeness (QED) is 0.471. The highest BCUT2D eigenvalue weighted by molar-refractivity contribution is 8.01. The summed E-state index contributed by atoms with van der Waals surface area (Å²) in [6.45, 7) is 1.58. The van der Waals surface area contributed by atoms with Crippen LogP contribution < -0.4 is 0 Å². The van der Waals surface area contributed by atoms with Gasteiger partial charge in [-0.15, -0.1) is 0 Å². The van der Waals surface area contributed by atoms with Crippen molar-refractivity contribution in [3.63, 3.8) is 0 Å². The second-order valence-corrected chi connectivity index (χ2v) is 9.78. The van der Waals surface area contributed by atoms with Gasteiger partial charge in [-0.25, -0.2) is 4.79 Å². The van der Waals surface area contributed by atoms with Crippen molar-refractivity contribution >= 4 is 32.7 Å². The molecule has 5 atom stereocenters. The standard InChI is InChI=1S/C18H26F3N2O3P3/c1-25-17(18(19,20)21,13-7-3-2-4-8-13)15(24)26-16(11-22(27)12-16)14-9-5-6-10-23(14)29-28/h2-4,7-8,14,29H,5-6,9-12,27-28H2,1H3/t14?,17-/m0/s1. The summed E-state index contributed by atoms with van der Waals surface area (Å²) >= 11 is 0. The summed E-state index contributed by atoms with van der Waals surface area (Å²) in [6, 6.07) is 6.85. The molecule has 2 heterocycles. The Morgan fingerprint density at radius 3 is 2.41 bits per heavy atom. The van der Waals surface area contributed by atoms with Gasteiger partial charge in [0.25, 0.3) is 5.60 Å². The predicted octanol–water partition coefficient (Wildman–Crippen LogP) is 3.72. The van der Waals surface area contributed by atoms with Crippen LogP contribution in [0.3, 0.4) is 0 Å². The van der Waals surface area contributed by atoms with E-state index in [0.29, 0.717) is 21.5 Å². The van der Waals surface area contributed by atoms with Gasteiger partial charge in [0, 0.05) is 32.3 Å². The lowest BCUT2D eigenvalue weighted by Gasteiger charge is -2.56. The molecule has 0 aromatic heterocycles. The molecule has 0 N–H and O–H groups in total. The summed E-state index contributed by atoms with van der Waals surface area (Å²) in [4.78, 5) is 13.2. The molecule has 29 heavy (non-hydrogen) atoms. The van der Waals surface area contributed by atoms with Crippen molar-refractivity contribution in [2.45, 2.75) is 42.7 Å². The van der Waals surface area contributed by atoms with Gasteiger partial charge in [-0.3, -0.25) is 9.34 Å². The fourth-order valence-corrected chi connectivity index (χ4v) is 6.64. The van der Waals surface area contributed by atoms with Crippen LogP contribution in [0.1, 0.15) is 24.8 Å². The maximum absolute atomic E-state index is 14.2. The summed E-state index contributed by atoms with van der Waals surface area (Å²) < 4.78 is 57.4. The van der Waals surface area contributed by atoms with Crippen LogP contribution in [-0.4, -0.2) is 59.9 Å². The van der Waals surface area contributed by atoms with Gasteiger partial charge in [-0.1, -0.05) is 55.1 Å². The highest BCUT2D eigenvalue weighted by atomic mass is 32.0. The second kappa shape index (κ2) is 9.02. The van der Waals surface area contributed by atoms with Crippen LogP contribution in [0, 0.1) is 0 Å². The number of esters is 1. The van der Waals surface area contributed by atoms with Crippen molar-refractivity contribution in [2.75, 3.05) is 26.7 Å². The number of methoxy groups -OCH3 is 1. The fourth-order valence-electron chi connectivity index (χ4n) is 4.26. The van der Waals surface area contributed by atoms with Gasteiger partial charge in [0.1, 0.15) is 0 Å². The van der Waals surface area contributed by atoms with Gasteiger partial charge >= 0.3 is 12.1 Å². The topological polar surface area (TPSA) is 42.0 Å². The van der Waals surface area contributed by atoms with E-state index in [1.165, 1.54) is 24.3 Å². The van der Waals surface area contributed by atoms with E-state index >= 15 is 0 Å². The Morgan fingerprint density at radius 1 is 1.24 bits per heavy atom. The molecule has 2 aliphatic rings. The smallest absolute Gasteiger partial charge is 0.432 e. The van der Waals surface area contributed by atoms with Crippen LogP contribution in [-0.2, 0) is 19.9 Å². The van der Waals surface area contributed by atoms with E-state index in [1.807, 2.05) is 4.67 Å². The molecule has 1 aromatic rings. The first-order valence-corrected chi connectivity index (χ1v) is 12.6. The average Bonchev–Trinajstić information content (AvgIpc) is 2.67. The average molecular weight is 468 g/mol. The number of hydrogen-bond acceptors (Lipinski definition) is 5. The molecule has 0 amide bonds. The molecular weight excluding hydrogens is 442 g/mol. The Labute approximate surface area is 175 Å². The Balaban J connectivity index is 1.97. The first-order valence-electron chi connectivity index (χ1n) is 9.33. The van der Waals surface area contributed by atoms with Gasteiger partial charge in [-0.2, -0.15) is 13.2 Å². The van der Waals surface area contributed by atoms with Gasteiger partial charge in [0.15, 0.2) is 5.60 Å². The maximum atomic E-state index is 14.2. The van der Waals surface area contributed by atoms with Crippen molar-refractivity contribution < 1.29 is 27.4 Å². The predicted molar refractivity (Wildman–Crippen MR) is 114 cm³/mol. The SMILES string of the molecule is CO[C@](C(=O)OC1(C2CCCCN2PP)CN(P)C1)(c1ccccc1)C(F)(F)F. The van der Waals surface area contributed by atoms with Crippen LogP contribution in [0.5, 0.6) is 0 Å². The molecule has 0 radical (unpaired) electrons. The van der Waals surface area contributed by atoms with Crippen LogP contribution >= 0.6 is 26.7 Å². The van der Waals surface area contributed by atoms with Gasteiger partial charge in [-0.05, 0) is 21.3 Å². The summed E-state index contributed by atoms with van der Waals surface area (Å²) in [7, 11) is 6.53. The van der Waals surface area contributed by atoms with Crippen molar-refractivity contribution in [3.8, 4) is 0 Å². The molecule has 0 aliphatic carbocycles. The minimum absolute atomic E-state index is 0.119. The van der Waals surface area contributed by atoms with Gasteiger partial charge < -0.3 is 9.47 Å². The number of nitrogens with zero attached hydrogens (tertiary/aromatic N) is 2. The molecule has 1 aromatic carbocycles. The lowest BCUT2D eigenvalue weighted by molar-refractivity contribution is -0.286. The number of carbonyl (C=O) groups excluding carboxylic acids is 1. The lowest BCUT2D eigenvalue weighted by Crippen LogP contribution is -2.71. The summed E-state index contributed by atoms with van der Waals surface area (Å²) in [5.41, 5.74) is -4.44. The fraction of sp³-hybridized carbons (Fsp3) is 0.611. The molecule has 5 nitrogen and oxygen atoms in total. The van der Waals surface area contributed by atoms with E-state index in [9.17, 15) is 18.0 Å². The van der Waals surface area contributed by atoms with E-state index in [4.69, 9.17) is 9.47 Å². The van der Waals surface area contributed by atoms with Crippen molar-refractivity contribution in [3.05, 3.63) is 35.9 Å². The zero-order valence-corrected chi connectivity index (χ0v) is 19.4. The number of halogens is 3. The van der Waals surface area contributed by atoms with Crippen LogP contribution in [0.15, 0.2) is 30.3 Å². The Hall–Kier alpha value is -0.350. The number of benzene rings is 1. The highest BCUT2D eigenvalue weighted by Crippen LogP contribution is 2.48. The van der Waals surface area contributed by atoms with Gasteiger partial charge in [0.05, 0.1) is 6.04 Å². The molecular formula is C18H26F3N2O3P3. The summed E-state index contributed by atoms with van der Waals surface area (Å²) in [5, 5.41) is 0. The largest absolute Gasteiger partial charge is 0.452 e. The van der Waals surface area contributed by atoms with E-state index in [-0.39, 0.29) is 11.6 Å². The minimum Gasteiger partial charge on any atom is -0.452 e. The molecule has 0 spiro atoms. The second-order valence-electron chi connectivity index (χ2n) is 7.44. The number of carbonyl (C=O) groups is 1. The lowest BCUT2D eigenvalue weighted by atomic mass is 9.82. The molecule has 2 saturated heterocycles. The van der Waals surface area contributed by atoms with Crippen LogP contribution in [0.4, 0.5) is 13.2 Å². The van der Waals surface area contributed by atoms with Crippen LogP contribution in [0.25, 0.3) is 0 Å². The normalized spacial score (nSPS) is 25.5. The molecule has 3 rings (SSSR count). The molecule has 0 bridgehead atoms. The Bertz CT molecular complexity index is 719. The number of alkyl halides is 3. The van der Waals surface area contributed by atoms with E-state index < -0.39 is 23.3 Å².